The van der Waals surface area contributed by atoms with Gasteiger partial charge in [-0.3, -0.25) is 0 Å². The van der Waals surface area contributed by atoms with Crippen molar-refractivity contribution in [2.24, 2.45) is 0 Å². The van der Waals surface area contributed by atoms with E-state index in [1.807, 2.05) is 0 Å². The molecule has 0 radical (unpaired) electrons. The maximum absolute atomic E-state index is 5.36. The van der Waals surface area contributed by atoms with Gasteiger partial charge in [0.25, 0.3) is 0 Å². The van der Waals surface area contributed by atoms with Gasteiger partial charge in [0, 0.05) is 13.7 Å². The van der Waals surface area contributed by atoms with Gasteiger partial charge in [-0.1, -0.05) is 0 Å². The van der Waals surface area contributed by atoms with Crippen LogP contribution in [0.5, 0.6) is 6.01 Å². The topological polar surface area (TPSA) is 81.2 Å². The van der Waals surface area contributed by atoms with Gasteiger partial charge in [-0.25, -0.2) is 0 Å². The molecule has 17 heavy (non-hydrogen) atoms. The molecule has 0 bridgehead atoms. The van der Waals surface area contributed by atoms with Crippen molar-refractivity contribution >= 4 is 11.9 Å². The maximum atomic E-state index is 5.36. The van der Waals surface area contributed by atoms with Crippen LogP contribution in [0.4, 0.5) is 11.9 Å². The van der Waals surface area contributed by atoms with E-state index in [1.165, 1.54) is 7.11 Å². The molecule has 0 aliphatic carbocycles. The smallest absolute Gasteiger partial charge is 0.322 e. The first-order valence-corrected chi connectivity index (χ1v) is 5.49. The molecule has 2 rings (SSSR count). The fraction of sp³-hybridized carbons (Fsp3) is 0.700. The van der Waals surface area contributed by atoms with Crippen LogP contribution in [0.3, 0.4) is 0 Å². The van der Waals surface area contributed by atoms with Gasteiger partial charge in [0.15, 0.2) is 0 Å². The third kappa shape index (κ3) is 2.73. The number of ether oxygens (including phenoxy) is 2. The van der Waals surface area contributed by atoms with E-state index in [4.69, 9.17) is 9.47 Å². The van der Waals surface area contributed by atoms with Crippen molar-refractivity contribution in [1.82, 2.24) is 15.0 Å². The van der Waals surface area contributed by atoms with Gasteiger partial charge >= 0.3 is 6.01 Å². The number of anilines is 2. The Morgan fingerprint density at radius 3 is 2.65 bits per heavy atom. The minimum absolute atomic E-state index is 0.128. The van der Waals surface area contributed by atoms with Crippen LogP contribution in [-0.2, 0) is 4.74 Å². The average Bonchev–Trinajstić information content (AvgIpc) is 2.75. The first-order valence-electron chi connectivity index (χ1n) is 5.49. The molecule has 1 aliphatic rings. The number of aromatic nitrogens is 3. The van der Waals surface area contributed by atoms with Crippen molar-refractivity contribution < 1.29 is 9.47 Å². The number of nitrogens with one attached hydrogen (secondary N) is 2. The van der Waals surface area contributed by atoms with Crippen molar-refractivity contribution in [3.63, 3.8) is 0 Å². The molecule has 2 N–H and O–H groups in total. The molecule has 0 aromatic carbocycles. The van der Waals surface area contributed by atoms with Crippen LogP contribution in [0, 0.1) is 0 Å². The molecule has 1 fully saturated rings. The summed E-state index contributed by atoms with van der Waals surface area (Å²) in [4.78, 5) is 12.4. The molecule has 7 nitrogen and oxygen atoms in total. The van der Waals surface area contributed by atoms with Crippen molar-refractivity contribution in [1.29, 1.82) is 0 Å². The summed E-state index contributed by atoms with van der Waals surface area (Å²) in [5.74, 6) is 0.969. The highest BCUT2D eigenvalue weighted by Crippen LogP contribution is 2.22. The number of rotatable bonds is 4. The van der Waals surface area contributed by atoms with E-state index in [0.29, 0.717) is 18.5 Å². The zero-order valence-electron chi connectivity index (χ0n) is 10.3. The van der Waals surface area contributed by atoms with Crippen molar-refractivity contribution in [3.8, 4) is 6.01 Å². The molecule has 0 saturated carbocycles. The quantitative estimate of drug-likeness (QED) is 0.792. The second kappa shape index (κ2) is 4.70. The Bertz CT molecular complexity index is 370. The van der Waals surface area contributed by atoms with Crippen molar-refractivity contribution in [2.75, 3.05) is 38.0 Å². The van der Waals surface area contributed by atoms with Gasteiger partial charge in [-0.05, 0) is 13.3 Å². The molecular weight excluding hydrogens is 222 g/mol. The van der Waals surface area contributed by atoms with E-state index in [-0.39, 0.29) is 11.5 Å². The summed E-state index contributed by atoms with van der Waals surface area (Å²) in [5.41, 5.74) is -0.128. The summed E-state index contributed by atoms with van der Waals surface area (Å²) in [5, 5.41) is 6.13. The van der Waals surface area contributed by atoms with E-state index < -0.39 is 0 Å². The molecule has 1 atom stereocenters. The Balaban J connectivity index is 2.19. The minimum atomic E-state index is -0.128. The monoisotopic (exact) mass is 239 g/mol. The number of hydrogen-bond acceptors (Lipinski definition) is 7. The molecule has 1 saturated heterocycles. The second-order valence-electron chi connectivity index (χ2n) is 4.21. The van der Waals surface area contributed by atoms with E-state index >= 15 is 0 Å². The van der Waals surface area contributed by atoms with E-state index in [1.54, 1.807) is 7.05 Å². The lowest BCUT2D eigenvalue weighted by Gasteiger charge is -2.23. The summed E-state index contributed by atoms with van der Waals surface area (Å²) < 4.78 is 10.4. The molecule has 2 heterocycles. The van der Waals surface area contributed by atoms with Crippen LogP contribution < -0.4 is 15.4 Å². The van der Waals surface area contributed by atoms with Crippen molar-refractivity contribution in [3.05, 3.63) is 0 Å². The predicted octanol–water partition coefficient (Wildman–Crippen LogP) is 0.513. The SMILES string of the molecule is CNc1nc(NC2(C)CCOC2)nc(OC)n1. The normalized spacial score (nSPS) is 23.5. The molecule has 7 heteroatoms. The molecular formula is C10H17N5O2. The molecule has 0 amide bonds. The summed E-state index contributed by atoms with van der Waals surface area (Å²) >= 11 is 0. The number of nitrogens with zero attached hydrogens (tertiary/aromatic N) is 3. The molecule has 1 aromatic heterocycles. The molecule has 1 aromatic rings. The van der Waals surface area contributed by atoms with E-state index in [0.717, 1.165) is 13.0 Å². The summed E-state index contributed by atoms with van der Waals surface area (Å²) in [7, 11) is 3.28. The van der Waals surface area contributed by atoms with Crippen LogP contribution in [-0.4, -0.2) is 47.9 Å². The predicted molar refractivity (Wildman–Crippen MR) is 63.4 cm³/mol. The average molecular weight is 239 g/mol. The third-order valence-corrected chi connectivity index (χ3v) is 2.65. The van der Waals surface area contributed by atoms with Crippen LogP contribution in [0.25, 0.3) is 0 Å². The Morgan fingerprint density at radius 1 is 1.29 bits per heavy atom. The van der Waals surface area contributed by atoms with Crippen LogP contribution in [0.15, 0.2) is 0 Å². The zero-order chi connectivity index (χ0) is 12.3. The van der Waals surface area contributed by atoms with Gasteiger partial charge in [0.1, 0.15) is 0 Å². The Kier molecular flexibility index (Phi) is 3.28. The minimum Gasteiger partial charge on any atom is -0.467 e. The largest absolute Gasteiger partial charge is 0.467 e. The lowest BCUT2D eigenvalue weighted by molar-refractivity contribution is 0.185. The van der Waals surface area contributed by atoms with Crippen LogP contribution in [0.1, 0.15) is 13.3 Å². The van der Waals surface area contributed by atoms with Gasteiger partial charge < -0.3 is 20.1 Å². The highest BCUT2D eigenvalue weighted by Gasteiger charge is 2.30. The van der Waals surface area contributed by atoms with E-state index in [2.05, 4.69) is 32.5 Å². The second-order valence-corrected chi connectivity index (χ2v) is 4.21. The van der Waals surface area contributed by atoms with E-state index in [9.17, 15) is 0 Å². The Morgan fingerprint density at radius 2 is 2.06 bits per heavy atom. The molecule has 1 unspecified atom stereocenters. The van der Waals surface area contributed by atoms with Gasteiger partial charge in [0.05, 0.1) is 19.3 Å². The zero-order valence-corrected chi connectivity index (χ0v) is 10.3. The fourth-order valence-electron chi connectivity index (χ4n) is 1.65. The Hall–Kier alpha value is -1.63. The highest BCUT2D eigenvalue weighted by atomic mass is 16.5. The molecule has 94 valence electrons. The van der Waals surface area contributed by atoms with Crippen LogP contribution >= 0.6 is 0 Å². The first-order chi connectivity index (χ1) is 8.15. The van der Waals surface area contributed by atoms with Gasteiger partial charge in [0.2, 0.25) is 11.9 Å². The summed E-state index contributed by atoms with van der Waals surface area (Å²) in [6, 6.07) is 0.286. The standard InChI is InChI=1S/C10H17N5O2/c1-10(4-5-17-6-10)15-8-12-7(11-2)13-9(14-8)16-3/h4-6H2,1-3H3,(H2,11,12,13,14,15). The number of hydrogen-bond donors (Lipinski definition) is 2. The fourth-order valence-corrected chi connectivity index (χ4v) is 1.65. The van der Waals surface area contributed by atoms with Crippen LogP contribution in [0.2, 0.25) is 0 Å². The maximum Gasteiger partial charge on any atom is 0.322 e. The lowest BCUT2D eigenvalue weighted by atomic mass is 10.0. The lowest BCUT2D eigenvalue weighted by Crippen LogP contribution is -2.35. The van der Waals surface area contributed by atoms with Gasteiger partial charge in [-0.2, -0.15) is 15.0 Å². The van der Waals surface area contributed by atoms with Crippen molar-refractivity contribution in [2.45, 2.75) is 18.9 Å². The third-order valence-electron chi connectivity index (χ3n) is 2.65. The Labute approximate surface area is 100.0 Å². The first kappa shape index (κ1) is 11.8. The van der Waals surface area contributed by atoms with Gasteiger partial charge in [-0.15, -0.1) is 0 Å². The molecule has 1 aliphatic heterocycles. The summed E-state index contributed by atoms with van der Waals surface area (Å²) in [6.07, 6.45) is 0.926. The molecule has 0 spiro atoms. The summed E-state index contributed by atoms with van der Waals surface area (Å²) in [6.45, 7) is 3.48. The highest BCUT2D eigenvalue weighted by molar-refractivity contribution is 5.37. The number of methoxy groups -OCH3 is 1.